The number of likely N-dealkylation sites (tertiary alicyclic amines) is 1. The van der Waals surface area contributed by atoms with E-state index in [-0.39, 0.29) is 30.4 Å². The van der Waals surface area contributed by atoms with Crippen molar-refractivity contribution in [2.45, 2.75) is 32.2 Å². The van der Waals surface area contributed by atoms with Crippen molar-refractivity contribution in [2.24, 2.45) is 11.0 Å². The number of carbonyl (C=O) groups excluding carboxylic acids is 2. The van der Waals surface area contributed by atoms with E-state index in [1.165, 1.54) is 5.01 Å². The van der Waals surface area contributed by atoms with E-state index in [1.54, 1.807) is 6.92 Å². The van der Waals surface area contributed by atoms with Crippen LogP contribution in [0.1, 0.15) is 43.4 Å². The molecule has 0 radical (unpaired) electrons. The molecule has 8 heteroatoms. The van der Waals surface area contributed by atoms with E-state index in [0.717, 1.165) is 36.2 Å². The number of esters is 1. The Morgan fingerprint density at radius 1 is 1.09 bits per heavy atom. The van der Waals surface area contributed by atoms with Gasteiger partial charge in [0, 0.05) is 28.6 Å². The molecule has 4 rings (SSSR count). The predicted octanol–water partition coefficient (Wildman–Crippen LogP) is 4.95. The summed E-state index contributed by atoms with van der Waals surface area (Å²) in [6, 6.07) is 14.7. The Bertz CT molecular complexity index is 1060. The molecule has 1 amide bonds. The van der Waals surface area contributed by atoms with E-state index in [4.69, 9.17) is 33.0 Å². The average Bonchev–Trinajstić information content (AvgIpc) is 3.25. The van der Waals surface area contributed by atoms with E-state index < -0.39 is 0 Å². The zero-order chi connectivity index (χ0) is 23.4. The number of hydrazone groups is 1. The van der Waals surface area contributed by atoms with Crippen molar-refractivity contribution in [3.05, 3.63) is 69.7 Å². The molecule has 2 atom stereocenters. The van der Waals surface area contributed by atoms with E-state index in [0.29, 0.717) is 29.6 Å². The number of hydrogen-bond donors (Lipinski definition) is 0. The molecule has 2 aliphatic heterocycles. The van der Waals surface area contributed by atoms with E-state index in [2.05, 4.69) is 0 Å². The number of nitrogens with zero attached hydrogens (tertiary/aromatic N) is 3. The Morgan fingerprint density at radius 3 is 2.55 bits per heavy atom. The van der Waals surface area contributed by atoms with Gasteiger partial charge in [-0.2, -0.15) is 5.10 Å². The monoisotopic (exact) mass is 487 g/mol. The summed E-state index contributed by atoms with van der Waals surface area (Å²) >= 11 is 12.9. The van der Waals surface area contributed by atoms with Gasteiger partial charge in [-0.1, -0.05) is 59.6 Å². The van der Waals surface area contributed by atoms with Gasteiger partial charge in [0.15, 0.2) is 0 Å². The van der Waals surface area contributed by atoms with Crippen molar-refractivity contribution in [2.75, 3.05) is 26.2 Å². The number of halogens is 2. The molecule has 6 nitrogen and oxygen atoms in total. The highest BCUT2D eigenvalue weighted by atomic mass is 35.5. The van der Waals surface area contributed by atoms with Crippen LogP contribution < -0.4 is 0 Å². The quantitative estimate of drug-likeness (QED) is 0.540. The molecule has 0 bridgehead atoms. The molecule has 0 unspecified atom stereocenters. The first-order valence-corrected chi connectivity index (χ1v) is 12.0. The SMILES string of the molecule is CCOC(=O)[C@@H]1CCCN(CC(=O)N2N=C(c3ccccc3Cl)C[C@@H]2c2ccccc2Cl)C1. The highest BCUT2D eigenvalue weighted by Gasteiger charge is 2.36. The van der Waals surface area contributed by atoms with Crippen molar-refractivity contribution in [1.29, 1.82) is 0 Å². The normalized spacial score (nSPS) is 21.1. The summed E-state index contributed by atoms with van der Waals surface area (Å²) in [6.07, 6.45) is 2.15. The van der Waals surface area contributed by atoms with Crippen molar-refractivity contribution >= 4 is 40.8 Å². The van der Waals surface area contributed by atoms with Crippen LogP contribution in [0.15, 0.2) is 53.6 Å². The second-order valence-corrected chi connectivity index (χ2v) is 9.15. The molecule has 2 aromatic carbocycles. The molecule has 0 spiro atoms. The first-order chi connectivity index (χ1) is 16.0. The summed E-state index contributed by atoms with van der Waals surface area (Å²) in [5, 5.41) is 7.43. The third-order valence-corrected chi connectivity index (χ3v) is 6.77. The van der Waals surface area contributed by atoms with E-state index >= 15 is 0 Å². The molecular formula is C25H27Cl2N3O3. The highest BCUT2D eigenvalue weighted by molar-refractivity contribution is 6.34. The lowest BCUT2D eigenvalue weighted by Gasteiger charge is -2.32. The number of benzene rings is 2. The maximum atomic E-state index is 13.5. The minimum Gasteiger partial charge on any atom is -0.466 e. The molecule has 0 aliphatic carbocycles. The topological polar surface area (TPSA) is 62.2 Å². The summed E-state index contributed by atoms with van der Waals surface area (Å²) in [4.78, 5) is 27.7. The molecule has 0 N–H and O–H groups in total. The summed E-state index contributed by atoms with van der Waals surface area (Å²) < 4.78 is 5.19. The number of ether oxygens (including phenoxy) is 1. The molecule has 33 heavy (non-hydrogen) atoms. The van der Waals surface area contributed by atoms with Gasteiger partial charge in [-0.15, -0.1) is 0 Å². The Morgan fingerprint density at radius 2 is 1.82 bits per heavy atom. The first-order valence-electron chi connectivity index (χ1n) is 11.3. The zero-order valence-corrected chi connectivity index (χ0v) is 20.1. The van der Waals surface area contributed by atoms with Gasteiger partial charge < -0.3 is 4.74 Å². The molecule has 0 saturated carbocycles. The van der Waals surface area contributed by atoms with Crippen molar-refractivity contribution in [3.8, 4) is 0 Å². The number of carbonyl (C=O) groups is 2. The highest BCUT2D eigenvalue weighted by Crippen LogP contribution is 2.37. The summed E-state index contributed by atoms with van der Waals surface area (Å²) in [5.74, 6) is -0.526. The maximum Gasteiger partial charge on any atom is 0.310 e. The maximum absolute atomic E-state index is 13.5. The molecule has 0 aromatic heterocycles. The van der Waals surface area contributed by atoms with Crippen LogP contribution in [0.3, 0.4) is 0 Å². The Labute approximate surface area is 204 Å². The fraction of sp³-hybridized carbons (Fsp3) is 0.400. The van der Waals surface area contributed by atoms with Crippen LogP contribution in [0.5, 0.6) is 0 Å². The smallest absolute Gasteiger partial charge is 0.310 e. The number of hydrogen-bond acceptors (Lipinski definition) is 5. The number of amides is 1. The van der Waals surface area contributed by atoms with Crippen LogP contribution in [0.2, 0.25) is 10.0 Å². The van der Waals surface area contributed by atoms with Gasteiger partial charge in [0.25, 0.3) is 5.91 Å². The van der Waals surface area contributed by atoms with Crippen LogP contribution in [0.25, 0.3) is 0 Å². The predicted molar refractivity (Wildman–Crippen MR) is 129 cm³/mol. The van der Waals surface area contributed by atoms with Crippen molar-refractivity contribution in [1.82, 2.24) is 9.91 Å². The standard InChI is InChI=1S/C25H27Cl2N3O3/c1-2-33-25(32)17-8-7-13-29(15-17)16-24(31)30-23(19-10-4-6-12-21(19)27)14-22(28-30)18-9-3-5-11-20(18)26/h3-6,9-12,17,23H,2,7-8,13-16H2,1H3/t17-,23-/m1/s1. The van der Waals surface area contributed by atoms with Crippen LogP contribution in [-0.4, -0.2) is 53.7 Å². The minimum absolute atomic E-state index is 0.133. The van der Waals surface area contributed by atoms with Crippen molar-refractivity contribution < 1.29 is 14.3 Å². The minimum atomic E-state index is -0.317. The molecule has 1 fully saturated rings. The summed E-state index contributed by atoms with van der Waals surface area (Å²) in [5.41, 5.74) is 2.41. The van der Waals surface area contributed by atoms with Gasteiger partial charge >= 0.3 is 5.97 Å². The lowest BCUT2D eigenvalue weighted by molar-refractivity contribution is -0.150. The van der Waals surface area contributed by atoms with Gasteiger partial charge in [0.2, 0.25) is 0 Å². The van der Waals surface area contributed by atoms with Crippen LogP contribution in [0, 0.1) is 5.92 Å². The Balaban J connectivity index is 1.56. The molecular weight excluding hydrogens is 461 g/mol. The largest absolute Gasteiger partial charge is 0.466 e. The molecule has 1 saturated heterocycles. The first kappa shape index (κ1) is 23.7. The molecule has 2 aliphatic rings. The zero-order valence-electron chi connectivity index (χ0n) is 18.5. The summed E-state index contributed by atoms with van der Waals surface area (Å²) in [7, 11) is 0. The third-order valence-electron chi connectivity index (χ3n) is 6.10. The van der Waals surface area contributed by atoms with Crippen LogP contribution >= 0.6 is 23.2 Å². The van der Waals surface area contributed by atoms with Crippen LogP contribution in [0.4, 0.5) is 0 Å². The fourth-order valence-corrected chi connectivity index (χ4v) is 5.01. The van der Waals surface area contributed by atoms with Gasteiger partial charge in [-0.05, 0) is 44.0 Å². The van der Waals surface area contributed by atoms with Gasteiger partial charge in [-0.3, -0.25) is 14.5 Å². The lowest BCUT2D eigenvalue weighted by atomic mass is 9.97. The van der Waals surface area contributed by atoms with Gasteiger partial charge in [0.1, 0.15) is 0 Å². The van der Waals surface area contributed by atoms with E-state index in [1.807, 2.05) is 53.4 Å². The molecule has 174 valence electrons. The second-order valence-electron chi connectivity index (χ2n) is 8.33. The summed E-state index contributed by atoms with van der Waals surface area (Å²) in [6.45, 7) is 3.61. The fourth-order valence-electron chi connectivity index (χ4n) is 4.50. The Kier molecular flexibility index (Phi) is 7.68. The van der Waals surface area contributed by atoms with Gasteiger partial charge in [-0.25, -0.2) is 5.01 Å². The number of rotatable bonds is 6. The third kappa shape index (κ3) is 5.40. The van der Waals surface area contributed by atoms with Gasteiger partial charge in [0.05, 0.1) is 30.8 Å². The Hall–Kier alpha value is -2.41. The average molecular weight is 488 g/mol. The number of piperidine rings is 1. The van der Waals surface area contributed by atoms with E-state index in [9.17, 15) is 9.59 Å². The molecule has 2 heterocycles. The second kappa shape index (κ2) is 10.7. The lowest BCUT2D eigenvalue weighted by Crippen LogP contribution is -2.44. The van der Waals surface area contributed by atoms with Crippen molar-refractivity contribution in [3.63, 3.8) is 0 Å². The van der Waals surface area contributed by atoms with Crippen LogP contribution in [-0.2, 0) is 14.3 Å². The molecule has 2 aromatic rings.